The minimum absolute atomic E-state index is 0.0535. The van der Waals surface area contributed by atoms with Crippen molar-refractivity contribution < 1.29 is 4.79 Å². The van der Waals surface area contributed by atoms with Crippen LogP contribution in [-0.2, 0) is 11.3 Å². The summed E-state index contributed by atoms with van der Waals surface area (Å²) in [5.41, 5.74) is 1.45. The second-order valence-electron chi connectivity index (χ2n) is 5.22. The zero-order valence-corrected chi connectivity index (χ0v) is 12.7. The molecule has 1 amide bonds. The molecular weight excluding hydrogens is 276 g/mol. The van der Waals surface area contributed by atoms with Crippen LogP contribution >= 0.6 is 11.6 Å². The standard InChI is InChI=1S/C14H19ClN4O/c1-9(2)7-17-12(20)8-19-13(10(3)15)18-11-5-4-6-16-14(11)19/h4-6,9-10H,7-8H2,1-3H3,(H,17,20). The van der Waals surface area contributed by atoms with Crippen molar-refractivity contribution in [3.05, 3.63) is 24.2 Å². The van der Waals surface area contributed by atoms with E-state index >= 15 is 0 Å². The van der Waals surface area contributed by atoms with E-state index in [4.69, 9.17) is 11.6 Å². The second-order valence-corrected chi connectivity index (χ2v) is 5.87. The van der Waals surface area contributed by atoms with Gasteiger partial charge in [-0.25, -0.2) is 9.97 Å². The van der Waals surface area contributed by atoms with Gasteiger partial charge in [-0.3, -0.25) is 4.79 Å². The van der Waals surface area contributed by atoms with Crippen molar-refractivity contribution in [2.24, 2.45) is 5.92 Å². The lowest BCUT2D eigenvalue weighted by Gasteiger charge is -2.11. The number of aromatic nitrogens is 3. The molecule has 2 rings (SSSR count). The number of rotatable bonds is 5. The number of imidazole rings is 1. The number of hydrogen-bond acceptors (Lipinski definition) is 3. The first-order chi connectivity index (χ1) is 9.49. The van der Waals surface area contributed by atoms with E-state index in [1.54, 1.807) is 10.8 Å². The lowest BCUT2D eigenvalue weighted by molar-refractivity contribution is -0.121. The molecule has 0 saturated heterocycles. The maximum Gasteiger partial charge on any atom is 0.240 e. The molecule has 0 fully saturated rings. The van der Waals surface area contributed by atoms with Gasteiger partial charge in [-0.05, 0) is 25.0 Å². The molecule has 0 aliphatic heterocycles. The van der Waals surface area contributed by atoms with Gasteiger partial charge in [0.05, 0.1) is 5.38 Å². The molecule has 0 bridgehead atoms. The first-order valence-corrected chi connectivity index (χ1v) is 7.14. The summed E-state index contributed by atoms with van der Waals surface area (Å²) in [6.07, 6.45) is 1.69. The van der Waals surface area contributed by atoms with E-state index in [2.05, 4.69) is 29.1 Å². The van der Waals surface area contributed by atoms with Crippen LogP contribution in [0.3, 0.4) is 0 Å². The van der Waals surface area contributed by atoms with Crippen LogP contribution in [0.1, 0.15) is 32.0 Å². The average Bonchev–Trinajstić information content (AvgIpc) is 2.76. The Morgan fingerprint density at radius 3 is 2.85 bits per heavy atom. The molecule has 108 valence electrons. The first-order valence-electron chi connectivity index (χ1n) is 6.71. The number of pyridine rings is 1. The third-order valence-corrected chi connectivity index (χ3v) is 3.09. The molecule has 1 atom stereocenters. The van der Waals surface area contributed by atoms with Crippen LogP contribution in [0, 0.1) is 5.92 Å². The minimum atomic E-state index is -0.276. The Bertz CT molecular complexity index is 606. The Hall–Kier alpha value is -1.62. The first kappa shape index (κ1) is 14.8. The van der Waals surface area contributed by atoms with Crippen molar-refractivity contribution in [3.8, 4) is 0 Å². The van der Waals surface area contributed by atoms with E-state index in [1.165, 1.54) is 0 Å². The van der Waals surface area contributed by atoms with Crippen molar-refractivity contribution in [1.29, 1.82) is 0 Å². The van der Waals surface area contributed by atoms with E-state index in [0.29, 0.717) is 23.9 Å². The van der Waals surface area contributed by atoms with Crippen LogP contribution in [-0.4, -0.2) is 27.0 Å². The van der Waals surface area contributed by atoms with Gasteiger partial charge in [0.15, 0.2) is 5.65 Å². The summed E-state index contributed by atoms with van der Waals surface area (Å²) in [5, 5.41) is 2.62. The van der Waals surface area contributed by atoms with Crippen molar-refractivity contribution >= 4 is 28.7 Å². The van der Waals surface area contributed by atoms with Gasteiger partial charge in [0.25, 0.3) is 0 Å². The predicted octanol–water partition coefficient (Wildman–Crippen LogP) is 2.50. The molecule has 0 aliphatic carbocycles. The summed E-state index contributed by atoms with van der Waals surface area (Å²) >= 11 is 6.15. The zero-order chi connectivity index (χ0) is 14.7. The quantitative estimate of drug-likeness (QED) is 0.862. The Morgan fingerprint density at radius 1 is 1.45 bits per heavy atom. The highest BCUT2D eigenvalue weighted by Gasteiger charge is 2.17. The molecule has 0 spiro atoms. The smallest absolute Gasteiger partial charge is 0.240 e. The fraction of sp³-hybridized carbons (Fsp3) is 0.500. The number of alkyl halides is 1. The molecular formula is C14H19ClN4O. The second kappa shape index (κ2) is 6.22. The van der Waals surface area contributed by atoms with Gasteiger partial charge in [0, 0.05) is 12.7 Å². The lowest BCUT2D eigenvalue weighted by Crippen LogP contribution is -2.31. The fourth-order valence-electron chi connectivity index (χ4n) is 1.95. The van der Waals surface area contributed by atoms with Gasteiger partial charge in [-0.2, -0.15) is 0 Å². The van der Waals surface area contributed by atoms with Crippen LogP contribution in [0.15, 0.2) is 18.3 Å². The van der Waals surface area contributed by atoms with E-state index in [-0.39, 0.29) is 17.8 Å². The van der Waals surface area contributed by atoms with Crippen molar-refractivity contribution in [1.82, 2.24) is 19.9 Å². The number of amides is 1. The third kappa shape index (κ3) is 3.28. The Balaban J connectivity index is 2.27. The average molecular weight is 295 g/mol. The van der Waals surface area contributed by atoms with Gasteiger partial charge < -0.3 is 9.88 Å². The largest absolute Gasteiger partial charge is 0.354 e. The van der Waals surface area contributed by atoms with Gasteiger partial charge in [0.1, 0.15) is 17.9 Å². The van der Waals surface area contributed by atoms with Gasteiger partial charge in [0.2, 0.25) is 5.91 Å². The number of halogens is 1. The monoisotopic (exact) mass is 294 g/mol. The SMILES string of the molecule is CC(C)CNC(=O)Cn1c(C(C)Cl)nc2cccnc21. The Morgan fingerprint density at radius 2 is 2.20 bits per heavy atom. The number of nitrogens with one attached hydrogen (secondary N) is 1. The number of nitrogens with zero attached hydrogens (tertiary/aromatic N) is 3. The fourth-order valence-corrected chi connectivity index (χ4v) is 2.12. The van der Waals surface area contributed by atoms with Crippen LogP contribution in [0.5, 0.6) is 0 Å². The number of fused-ring (bicyclic) bond motifs is 1. The summed E-state index contributed by atoms with van der Waals surface area (Å²) in [6, 6.07) is 3.69. The maximum absolute atomic E-state index is 12.0. The number of carbonyl (C=O) groups excluding carboxylic acids is 1. The van der Waals surface area contributed by atoms with Crippen LogP contribution in [0.25, 0.3) is 11.2 Å². The summed E-state index contributed by atoms with van der Waals surface area (Å²) < 4.78 is 1.78. The van der Waals surface area contributed by atoms with Crippen LogP contribution < -0.4 is 5.32 Å². The Kier molecular flexibility index (Phi) is 4.60. The molecule has 1 N–H and O–H groups in total. The highest BCUT2D eigenvalue weighted by Crippen LogP contribution is 2.23. The van der Waals surface area contributed by atoms with Gasteiger partial charge in [-0.15, -0.1) is 11.6 Å². The van der Waals surface area contributed by atoms with Crippen molar-refractivity contribution in [2.45, 2.75) is 32.7 Å². The summed E-state index contributed by atoms with van der Waals surface area (Å²) in [4.78, 5) is 20.7. The zero-order valence-electron chi connectivity index (χ0n) is 11.9. The summed E-state index contributed by atoms with van der Waals surface area (Å²) in [7, 11) is 0. The normalized spacial score (nSPS) is 12.8. The van der Waals surface area contributed by atoms with E-state index in [0.717, 1.165) is 5.52 Å². The highest BCUT2D eigenvalue weighted by atomic mass is 35.5. The highest BCUT2D eigenvalue weighted by molar-refractivity contribution is 6.20. The predicted molar refractivity (Wildman–Crippen MR) is 79.6 cm³/mol. The molecule has 1 unspecified atom stereocenters. The topological polar surface area (TPSA) is 59.8 Å². The van der Waals surface area contributed by atoms with E-state index in [9.17, 15) is 4.79 Å². The maximum atomic E-state index is 12.0. The molecule has 0 aromatic carbocycles. The lowest BCUT2D eigenvalue weighted by atomic mass is 10.2. The molecule has 2 aromatic rings. The van der Waals surface area contributed by atoms with Crippen LogP contribution in [0.4, 0.5) is 0 Å². The summed E-state index contributed by atoms with van der Waals surface area (Å²) in [6.45, 7) is 6.80. The van der Waals surface area contributed by atoms with Gasteiger partial charge in [-0.1, -0.05) is 13.8 Å². The van der Waals surface area contributed by atoms with E-state index in [1.807, 2.05) is 19.1 Å². The molecule has 0 aliphatic rings. The minimum Gasteiger partial charge on any atom is -0.354 e. The molecule has 0 saturated carbocycles. The Labute approximate surface area is 123 Å². The third-order valence-electron chi connectivity index (χ3n) is 2.90. The summed E-state index contributed by atoms with van der Waals surface area (Å²) in [5.74, 6) is 1.03. The van der Waals surface area contributed by atoms with Crippen LogP contribution in [0.2, 0.25) is 0 Å². The number of carbonyl (C=O) groups is 1. The van der Waals surface area contributed by atoms with E-state index < -0.39 is 0 Å². The number of hydrogen-bond donors (Lipinski definition) is 1. The molecule has 20 heavy (non-hydrogen) atoms. The molecule has 5 nitrogen and oxygen atoms in total. The van der Waals surface area contributed by atoms with Gasteiger partial charge >= 0.3 is 0 Å². The van der Waals surface area contributed by atoms with Crippen molar-refractivity contribution in [2.75, 3.05) is 6.54 Å². The molecule has 2 aromatic heterocycles. The van der Waals surface area contributed by atoms with Crippen molar-refractivity contribution in [3.63, 3.8) is 0 Å². The molecule has 0 radical (unpaired) electrons. The molecule has 6 heteroatoms. The molecule has 2 heterocycles.